The highest BCUT2D eigenvalue weighted by atomic mass is 19.4. The Hall–Kier alpha value is -0.655. The molecular formula is C8H9BF6O. The Morgan fingerprint density at radius 2 is 1.50 bits per heavy atom. The third-order valence-electron chi connectivity index (χ3n) is 1.73. The van der Waals surface area contributed by atoms with Crippen LogP contribution in [0.1, 0.15) is 13.3 Å². The summed E-state index contributed by atoms with van der Waals surface area (Å²) in [4.78, 5) is 0. The van der Waals surface area contributed by atoms with Crippen molar-refractivity contribution in [1.82, 2.24) is 0 Å². The monoisotopic (exact) mass is 246 g/mol. The van der Waals surface area contributed by atoms with Gasteiger partial charge in [-0.2, -0.15) is 26.3 Å². The molecule has 0 aromatic heterocycles. The maximum absolute atomic E-state index is 12.1. The van der Waals surface area contributed by atoms with Crippen LogP contribution in [0.15, 0.2) is 12.2 Å². The number of alkyl halides is 6. The lowest BCUT2D eigenvalue weighted by Gasteiger charge is -2.29. The highest BCUT2D eigenvalue weighted by molar-refractivity contribution is 6.11. The van der Waals surface area contributed by atoms with Crippen molar-refractivity contribution in [3.8, 4) is 0 Å². The second kappa shape index (κ2) is 4.69. The summed E-state index contributed by atoms with van der Waals surface area (Å²) in [6.07, 6.45) is -11.6. The first-order chi connectivity index (χ1) is 6.92. The average molecular weight is 246 g/mol. The van der Waals surface area contributed by atoms with Gasteiger partial charge in [-0.15, -0.1) is 0 Å². The van der Waals surface area contributed by atoms with Crippen molar-refractivity contribution in [2.24, 2.45) is 0 Å². The molecule has 0 heterocycles. The third kappa shape index (κ3) is 3.43. The van der Waals surface area contributed by atoms with Crippen LogP contribution in [0.3, 0.4) is 0 Å². The van der Waals surface area contributed by atoms with Crippen LogP contribution in [-0.4, -0.2) is 30.9 Å². The van der Waals surface area contributed by atoms with E-state index in [9.17, 15) is 26.3 Å². The van der Waals surface area contributed by atoms with E-state index in [1.165, 1.54) is 6.92 Å². The molecule has 0 aliphatic rings. The van der Waals surface area contributed by atoms with Gasteiger partial charge < -0.3 is 5.11 Å². The van der Waals surface area contributed by atoms with E-state index in [2.05, 4.69) is 0 Å². The Labute approximate surface area is 89.5 Å². The molecule has 0 bridgehead atoms. The molecule has 0 fully saturated rings. The lowest BCUT2D eigenvalue weighted by atomic mass is 9.86. The number of aliphatic hydroxyl groups is 1. The zero-order valence-electron chi connectivity index (χ0n) is 8.23. The van der Waals surface area contributed by atoms with E-state index >= 15 is 0 Å². The van der Waals surface area contributed by atoms with Gasteiger partial charge >= 0.3 is 12.4 Å². The maximum atomic E-state index is 12.1. The SMILES string of the molecule is [B]C(C)C/C=C/C(O)(C(F)(F)F)C(F)(F)F. The molecule has 1 N–H and O–H groups in total. The first-order valence-corrected chi connectivity index (χ1v) is 4.21. The normalized spacial score (nSPS) is 16.8. The number of hydrogen-bond donors (Lipinski definition) is 1. The molecule has 1 unspecified atom stereocenters. The van der Waals surface area contributed by atoms with Crippen LogP contribution in [0, 0.1) is 0 Å². The molecule has 0 aliphatic carbocycles. The molecule has 0 rings (SSSR count). The van der Waals surface area contributed by atoms with Crippen LogP contribution >= 0.6 is 0 Å². The molecule has 1 atom stereocenters. The quantitative estimate of drug-likeness (QED) is 0.461. The van der Waals surface area contributed by atoms with Gasteiger partial charge in [-0.1, -0.05) is 18.8 Å². The Morgan fingerprint density at radius 1 is 1.12 bits per heavy atom. The van der Waals surface area contributed by atoms with Crippen LogP contribution in [0.2, 0.25) is 5.82 Å². The van der Waals surface area contributed by atoms with Gasteiger partial charge in [0.05, 0.1) is 7.85 Å². The molecule has 0 spiro atoms. The maximum Gasteiger partial charge on any atom is 0.429 e. The first-order valence-electron chi connectivity index (χ1n) is 4.21. The Bertz CT molecular complexity index is 240. The fourth-order valence-corrected chi connectivity index (χ4v) is 0.803. The summed E-state index contributed by atoms with van der Waals surface area (Å²) in [5.74, 6) is -0.595. The van der Waals surface area contributed by atoms with E-state index < -0.39 is 23.8 Å². The van der Waals surface area contributed by atoms with Gasteiger partial charge in [0.15, 0.2) is 0 Å². The molecule has 0 amide bonds. The van der Waals surface area contributed by atoms with Gasteiger partial charge in [-0.3, -0.25) is 0 Å². The second-order valence-corrected chi connectivity index (χ2v) is 3.38. The zero-order chi connectivity index (χ0) is 13.2. The average Bonchev–Trinajstić information content (AvgIpc) is 1.98. The van der Waals surface area contributed by atoms with Crippen molar-refractivity contribution in [3.63, 3.8) is 0 Å². The minimum atomic E-state index is -5.82. The van der Waals surface area contributed by atoms with Crippen molar-refractivity contribution in [1.29, 1.82) is 0 Å². The van der Waals surface area contributed by atoms with Crippen LogP contribution in [0.4, 0.5) is 26.3 Å². The van der Waals surface area contributed by atoms with E-state index in [-0.39, 0.29) is 12.5 Å². The van der Waals surface area contributed by atoms with Crippen LogP contribution < -0.4 is 0 Å². The minimum absolute atomic E-state index is 0.200. The van der Waals surface area contributed by atoms with Gasteiger partial charge in [0.25, 0.3) is 5.60 Å². The van der Waals surface area contributed by atoms with Gasteiger partial charge in [-0.05, 0) is 12.5 Å². The molecule has 16 heavy (non-hydrogen) atoms. The molecule has 1 nitrogen and oxygen atoms in total. The van der Waals surface area contributed by atoms with E-state index in [0.717, 1.165) is 0 Å². The predicted molar refractivity (Wildman–Crippen MR) is 46.0 cm³/mol. The zero-order valence-corrected chi connectivity index (χ0v) is 8.23. The summed E-state index contributed by atoms with van der Waals surface area (Å²) >= 11 is 0. The van der Waals surface area contributed by atoms with Crippen molar-refractivity contribution in [2.45, 2.75) is 37.1 Å². The summed E-state index contributed by atoms with van der Waals surface area (Å²) in [5, 5.41) is 8.62. The predicted octanol–water partition coefficient (Wildman–Crippen LogP) is 2.77. The lowest BCUT2D eigenvalue weighted by molar-refractivity contribution is -0.347. The van der Waals surface area contributed by atoms with E-state index in [1.807, 2.05) is 0 Å². The molecule has 2 radical (unpaired) electrons. The summed E-state index contributed by atoms with van der Waals surface area (Å²) < 4.78 is 72.4. The van der Waals surface area contributed by atoms with Gasteiger partial charge in [0, 0.05) is 0 Å². The number of allylic oxidation sites excluding steroid dienone is 1. The molecule has 0 aliphatic heterocycles. The first kappa shape index (κ1) is 15.3. The summed E-state index contributed by atoms with van der Waals surface area (Å²) in [5.41, 5.74) is -4.82. The molecule has 0 aromatic carbocycles. The number of hydrogen-bond acceptors (Lipinski definition) is 1. The number of rotatable bonds is 3. The molecule has 92 valence electrons. The van der Waals surface area contributed by atoms with Gasteiger partial charge in [-0.25, -0.2) is 0 Å². The van der Waals surface area contributed by atoms with Crippen LogP contribution in [0.5, 0.6) is 0 Å². The van der Waals surface area contributed by atoms with Crippen molar-refractivity contribution in [2.75, 3.05) is 0 Å². The molecule has 0 saturated carbocycles. The lowest BCUT2D eigenvalue weighted by Crippen LogP contribution is -2.55. The Morgan fingerprint density at radius 3 is 1.75 bits per heavy atom. The molecule has 0 aromatic rings. The minimum Gasteiger partial charge on any atom is -0.370 e. The smallest absolute Gasteiger partial charge is 0.370 e. The highest BCUT2D eigenvalue weighted by Crippen LogP contribution is 2.44. The van der Waals surface area contributed by atoms with Crippen LogP contribution in [0.25, 0.3) is 0 Å². The van der Waals surface area contributed by atoms with Crippen LogP contribution in [-0.2, 0) is 0 Å². The van der Waals surface area contributed by atoms with Crippen molar-refractivity contribution < 1.29 is 31.4 Å². The molecule has 0 saturated heterocycles. The largest absolute Gasteiger partial charge is 0.429 e. The van der Waals surface area contributed by atoms with E-state index in [4.69, 9.17) is 13.0 Å². The van der Waals surface area contributed by atoms with Crippen molar-refractivity contribution in [3.05, 3.63) is 12.2 Å². The Kier molecular flexibility index (Phi) is 4.50. The second-order valence-electron chi connectivity index (χ2n) is 3.38. The number of halogens is 6. The summed E-state index contributed by atoms with van der Waals surface area (Å²) in [6, 6.07) is 0. The van der Waals surface area contributed by atoms with E-state index in [1.54, 1.807) is 0 Å². The fourth-order valence-electron chi connectivity index (χ4n) is 0.803. The van der Waals surface area contributed by atoms with Crippen molar-refractivity contribution >= 4 is 7.85 Å². The summed E-state index contributed by atoms with van der Waals surface area (Å²) in [7, 11) is 5.14. The van der Waals surface area contributed by atoms with Gasteiger partial charge in [0.2, 0.25) is 0 Å². The molecular weight excluding hydrogens is 237 g/mol. The molecule has 8 heteroatoms. The summed E-state index contributed by atoms with van der Waals surface area (Å²) in [6.45, 7) is 1.41. The third-order valence-corrected chi connectivity index (χ3v) is 1.73. The highest BCUT2D eigenvalue weighted by Gasteiger charge is 2.68. The van der Waals surface area contributed by atoms with E-state index in [0.29, 0.717) is 6.08 Å². The fraction of sp³-hybridized carbons (Fsp3) is 0.750. The standard InChI is InChI=1S/C8H9BF6O/c1-5(9)3-2-4-6(16,7(10,11)12)8(13,14)15/h2,4-5,16H,3H2,1H3/b4-2+. The topological polar surface area (TPSA) is 20.2 Å². The van der Waals surface area contributed by atoms with Gasteiger partial charge in [0.1, 0.15) is 0 Å². The Balaban J connectivity index is 5.06.